The molecule has 2 N–H and O–H groups in total. The summed E-state index contributed by atoms with van der Waals surface area (Å²) in [6.07, 6.45) is 8.12. The largest absolute Gasteiger partial charge is 0.393 e. The lowest BCUT2D eigenvalue weighted by Gasteiger charge is -2.56. The Morgan fingerprint density at radius 1 is 1.11 bits per heavy atom. The zero-order valence-corrected chi connectivity index (χ0v) is 12.8. The molecule has 2 fully saturated rings. The summed E-state index contributed by atoms with van der Waals surface area (Å²) in [4.78, 5) is 0. The summed E-state index contributed by atoms with van der Waals surface area (Å²) in [5, 5.41) is 13.5. The Morgan fingerprint density at radius 3 is 2.26 bits per heavy atom. The number of rotatable bonds is 6. The van der Waals surface area contributed by atoms with Crippen molar-refractivity contribution in [2.75, 3.05) is 6.61 Å². The van der Waals surface area contributed by atoms with Gasteiger partial charge in [-0.25, -0.2) is 0 Å². The SMILES string of the molecule is CCOC1CC(NC2CCC(O)CC2)C1(CC)CC. The number of aliphatic hydroxyl groups is 1. The Morgan fingerprint density at radius 2 is 1.74 bits per heavy atom. The maximum atomic E-state index is 9.59. The molecule has 3 nitrogen and oxygen atoms in total. The summed E-state index contributed by atoms with van der Waals surface area (Å²) < 4.78 is 5.93. The molecule has 0 bridgehead atoms. The van der Waals surface area contributed by atoms with E-state index in [2.05, 4.69) is 26.1 Å². The zero-order chi connectivity index (χ0) is 13.9. The molecule has 2 saturated carbocycles. The first-order valence-electron chi connectivity index (χ1n) is 8.22. The van der Waals surface area contributed by atoms with Crippen LogP contribution in [0, 0.1) is 5.41 Å². The van der Waals surface area contributed by atoms with Crippen molar-refractivity contribution in [3.63, 3.8) is 0 Å². The maximum absolute atomic E-state index is 9.59. The molecule has 0 radical (unpaired) electrons. The Kier molecular flexibility index (Phi) is 5.27. The summed E-state index contributed by atoms with van der Waals surface area (Å²) in [6, 6.07) is 1.22. The number of nitrogens with one attached hydrogen (secondary N) is 1. The summed E-state index contributed by atoms with van der Waals surface area (Å²) in [5.41, 5.74) is 0.339. The van der Waals surface area contributed by atoms with Gasteiger partial charge < -0.3 is 15.2 Å². The van der Waals surface area contributed by atoms with Gasteiger partial charge in [0.1, 0.15) is 0 Å². The van der Waals surface area contributed by atoms with Crippen molar-refractivity contribution in [3.8, 4) is 0 Å². The fraction of sp³-hybridized carbons (Fsp3) is 1.00. The minimum atomic E-state index is -0.0577. The molecule has 112 valence electrons. The van der Waals surface area contributed by atoms with E-state index in [1.54, 1.807) is 0 Å². The van der Waals surface area contributed by atoms with E-state index >= 15 is 0 Å². The van der Waals surface area contributed by atoms with Gasteiger partial charge in [-0.3, -0.25) is 0 Å². The van der Waals surface area contributed by atoms with E-state index < -0.39 is 0 Å². The predicted octanol–water partition coefficient (Wildman–Crippen LogP) is 2.86. The van der Waals surface area contributed by atoms with E-state index in [4.69, 9.17) is 4.74 Å². The van der Waals surface area contributed by atoms with Crippen LogP contribution in [-0.4, -0.2) is 36.0 Å². The van der Waals surface area contributed by atoms with E-state index in [-0.39, 0.29) is 6.10 Å². The van der Waals surface area contributed by atoms with Crippen molar-refractivity contribution >= 4 is 0 Å². The van der Waals surface area contributed by atoms with Crippen molar-refractivity contribution in [1.29, 1.82) is 0 Å². The molecule has 3 heteroatoms. The Bertz CT molecular complexity index is 270. The van der Waals surface area contributed by atoms with Crippen LogP contribution in [0.25, 0.3) is 0 Å². The van der Waals surface area contributed by atoms with Gasteiger partial charge in [0, 0.05) is 24.1 Å². The number of hydrogen-bond donors (Lipinski definition) is 2. The highest BCUT2D eigenvalue weighted by Gasteiger charge is 2.53. The van der Waals surface area contributed by atoms with Crippen LogP contribution in [0.3, 0.4) is 0 Å². The Balaban J connectivity index is 1.90. The van der Waals surface area contributed by atoms with Crippen molar-refractivity contribution in [2.45, 2.75) is 90.0 Å². The van der Waals surface area contributed by atoms with Crippen molar-refractivity contribution in [3.05, 3.63) is 0 Å². The van der Waals surface area contributed by atoms with E-state index in [1.807, 2.05) is 0 Å². The van der Waals surface area contributed by atoms with Gasteiger partial charge in [0.15, 0.2) is 0 Å². The standard InChI is InChI=1S/C16H31NO2/c1-4-16(5-2)14(11-15(16)19-6-3)17-12-7-9-13(18)10-8-12/h12-15,17-18H,4-11H2,1-3H3. The van der Waals surface area contributed by atoms with E-state index in [1.165, 1.54) is 12.8 Å². The van der Waals surface area contributed by atoms with Crippen LogP contribution in [0.15, 0.2) is 0 Å². The topological polar surface area (TPSA) is 41.5 Å². The molecule has 0 amide bonds. The predicted molar refractivity (Wildman–Crippen MR) is 78.2 cm³/mol. The minimum absolute atomic E-state index is 0.0577. The molecule has 0 spiro atoms. The molecule has 0 aromatic carbocycles. The highest BCUT2D eigenvalue weighted by Crippen LogP contribution is 2.49. The van der Waals surface area contributed by atoms with E-state index in [9.17, 15) is 5.11 Å². The highest BCUT2D eigenvalue weighted by atomic mass is 16.5. The number of hydrogen-bond acceptors (Lipinski definition) is 3. The molecule has 0 heterocycles. The molecule has 0 aromatic heterocycles. The number of aliphatic hydroxyl groups excluding tert-OH is 1. The van der Waals surface area contributed by atoms with Gasteiger partial charge in [-0.1, -0.05) is 13.8 Å². The normalized spacial score (nSPS) is 37.9. The molecule has 0 aliphatic heterocycles. The summed E-state index contributed by atoms with van der Waals surface area (Å²) >= 11 is 0. The third kappa shape index (κ3) is 2.98. The summed E-state index contributed by atoms with van der Waals surface area (Å²) in [5.74, 6) is 0. The van der Waals surface area contributed by atoms with Gasteiger partial charge in [0.05, 0.1) is 12.2 Å². The van der Waals surface area contributed by atoms with Crippen LogP contribution in [0.2, 0.25) is 0 Å². The second-order valence-electron chi connectivity index (χ2n) is 6.34. The van der Waals surface area contributed by atoms with Crippen LogP contribution in [0.5, 0.6) is 0 Å². The van der Waals surface area contributed by atoms with E-state index in [0.29, 0.717) is 23.6 Å². The van der Waals surface area contributed by atoms with Gasteiger partial charge in [-0.2, -0.15) is 0 Å². The lowest BCUT2D eigenvalue weighted by molar-refractivity contribution is -0.141. The molecule has 2 aliphatic carbocycles. The second-order valence-corrected chi connectivity index (χ2v) is 6.34. The fourth-order valence-electron chi connectivity index (χ4n) is 4.14. The third-order valence-corrected chi connectivity index (χ3v) is 5.60. The van der Waals surface area contributed by atoms with Crippen molar-refractivity contribution in [1.82, 2.24) is 5.32 Å². The van der Waals surface area contributed by atoms with E-state index in [0.717, 1.165) is 38.7 Å². The fourth-order valence-corrected chi connectivity index (χ4v) is 4.14. The minimum Gasteiger partial charge on any atom is -0.393 e. The molecule has 2 aliphatic rings. The average Bonchev–Trinajstić information content (AvgIpc) is 2.41. The zero-order valence-electron chi connectivity index (χ0n) is 12.8. The molecular weight excluding hydrogens is 238 g/mol. The smallest absolute Gasteiger partial charge is 0.0660 e. The number of ether oxygens (including phenoxy) is 1. The molecule has 19 heavy (non-hydrogen) atoms. The molecular formula is C16H31NO2. The van der Waals surface area contributed by atoms with Gasteiger partial charge >= 0.3 is 0 Å². The molecule has 2 rings (SSSR count). The van der Waals surface area contributed by atoms with Crippen LogP contribution < -0.4 is 5.32 Å². The summed E-state index contributed by atoms with van der Waals surface area (Å²) in [6.45, 7) is 7.52. The summed E-state index contributed by atoms with van der Waals surface area (Å²) in [7, 11) is 0. The van der Waals surface area contributed by atoms with Crippen LogP contribution in [0.1, 0.15) is 65.7 Å². The van der Waals surface area contributed by atoms with Gasteiger partial charge in [-0.15, -0.1) is 0 Å². The monoisotopic (exact) mass is 269 g/mol. The van der Waals surface area contributed by atoms with Crippen LogP contribution >= 0.6 is 0 Å². The Hall–Kier alpha value is -0.120. The first-order valence-corrected chi connectivity index (χ1v) is 8.22. The van der Waals surface area contributed by atoms with Crippen LogP contribution in [0.4, 0.5) is 0 Å². The first-order chi connectivity index (χ1) is 9.16. The lowest BCUT2D eigenvalue weighted by Crippen LogP contribution is -2.65. The van der Waals surface area contributed by atoms with Crippen molar-refractivity contribution < 1.29 is 9.84 Å². The van der Waals surface area contributed by atoms with Gasteiger partial charge in [-0.05, 0) is 51.9 Å². The first kappa shape index (κ1) is 15.3. The van der Waals surface area contributed by atoms with Gasteiger partial charge in [0.2, 0.25) is 0 Å². The maximum Gasteiger partial charge on any atom is 0.0660 e. The third-order valence-electron chi connectivity index (χ3n) is 5.60. The lowest BCUT2D eigenvalue weighted by atomic mass is 9.58. The molecule has 0 aromatic rings. The molecule has 2 atom stereocenters. The average molecular weight is 269 g/mol. The molecule has 2 unspecified atom stereocenters. The van der Waals surface area contributed by atoms with Crippen LogP contribution in [-0.2, 0) is 4.74 Å². The quantitative estimate of drug-likeness (QED) is 0.779. The second kappa shape index (κ2) is 6.55. The Labute approximate surface area is 118 Å². The molecule has 0 saturated heterocycles. The van der Waals surface area contributed by atoms with Crippen molar-refractivity contribution in [2.24, 2.45) is 5.41 Å². The van der Waals surface area contributed by atoms with Gasteiger partial charge in [0.25, 0.3) is 0 Å². The highest BCUT2D eigenvalue weighted by molar-refractivity contribution is 5.07.